The number of morpholine rings is 1. The molecule has 7 heteroatoms. The summed E-state index contributed by atoms with van der Waals surface area (Å²) in [6.07, 6.45) is 0. The molecule has 3 aliphatic heterocycles. The van der Waals surface area contributed by atoms with Gasteiger partial charge in [-0.2, -0.15) is 0 Å². The molecule has 0 amide bonds. The van der Waals surface area contributed by atoms with Crippen LogP contribution in [0.4, 0.5) is 5.82 Å². The van der Waals surface area contributed by atoms with Crippen LogP contribution in [0.1, 0.15) is 39.0 Å². The van der Waals surface area contributed by atoms with E-state index in [1.807, 2.05) is 12.1 Å². The second-order valence-corrected chi connectivity index (χ2v) is 9.73. The molecule has 2 aromatic rings. The Kier molecular flexibility index (Phi) is 4.54. The highest BCUT2D eigenvalue weighted by molar-refractivity contribution is 5.66. The maximum Gasteiger partial charge on any atom is 0.184 e. The quantitative estimate of drug-likeness (QED) is 0.750. The minimum absolute atomic E-state index is 0.101. The van der Waals surface area contributed by atoms with Crippen molar-refractivity contribution in [2.45, 2.75) is 50.7 Å². The van der Waals surface area contributed by atoms with E-state index in [9.17, 15) is 5.11 Å². The van der Waals surface area contributed by atoms with Crippen LogP contribution >= 0.6 is 0 Å². The molecular formula is C23H30N4O3. The maximum atomic E-state index is 9.67. The highest BCUT2D eigenvalue weighted by Crippen LogP contribution is 2.43. The average molecular weight is 411 g/mol. The predicted octanol–water partition coefficient (Wildman–Crippen LogP) is 2.22. The standard InChI is InChI=1S/C23H30N4O3/c1-14-9-29-10-17-11-30-18-19(22(2,3)4)25-20(26-21(18)27(14)17)15-5-7-16(8-6-15)23(13-28)12-24-23/h5-8,14,17,24,28H,9-13H2,1-4H3/t14-,17+,23?/m1/s1. The fourth-order valence-corrected chi connectivity index (χ4v) is 4.42. The van der Waals surface area contributed by atoms with Gasteiger partial charge < -0.3 is 24.8 Å². The highest BCUT2D eigenvalue weighted by atomic mass is 16.5. The molecule has 1 unspecified atom stereocenters. The molecule has 0 bridgehead atoms. The Bertz CT molecular complexity index is 950. The highest BCUT2D eigenvalue weighted by Gasteiger charge is 2.43. The first-order valence-electron chi connectivity index (χ1n) is 10.7. The number of aliphatic hydroxyl groups is 1. The summed E-state index contributed by atoms with van der Waals surface area (Å²) in [5, 5.41) is 12.9. The van der Waals surface area contributed by atoms with Gasteiger partial charge in [-0.15, -0.1) is 0 Å². The molecular weight excluding hydrogens is 380 g/mol. The van der Waals surface area contributed by atoms with Gasteiger partial charge in [0.15, 0.2) is 17.4 Å². The third-order valence-electron chi connectivity index (χ3n) is 6.33. The topological polar surface area (TPSA) is 89.6 Å². The number of benzene rings is 1. The molecule has 3 atom stereocenters. The fourth-order valence-electron chi connectivity index (χ4n) is 4.42. The third kappa shape index (κ3) is 3.16. The lowest BCUT2D eigenvalue weighted by molar-refractivity contribution is 0.0481. The van der Waals surface area contributed by atoms with Gasteiger partial charge in [0.1, 0.15) is 6.61 Å². The number of anilines is 1. The summed E-state index contributed by atoms with van der Waals surface area (Å²) in [6, 6.07) is 8.61. The van der Waals surface area contributed by atoms with E-state index >= 15 is 0 Å². The summed E-state index contributed by atoms with van der Waals surface area (Å²) in [5.74, 6) is 2.38. The lowest BCUT2D eigenvalue weighted by Crippen LogP contribution is -2.56. The number of rotatable bonds is 3. The van der Waals surface area contributed by atoms with Crippen LogP contribution in [0.25, 0.3) is 11.4 Å². The predicted molar refractivity (Wildman–Crippen MR) is 115 cm³/mol. The minimum atomic E-state index is -0.282. The number of aromatic nitrogens is 2. The smallest absolute Gasteiger partial charge is 0.184 e. The van der Waals surface area contributed by atoms with E-state index in [4.69, 9.17) is 19.4 Å². The summed E-state index contributed by atoms with van der Waals surface area (Å²) in [6.45, 7) is 11.5. The van der Waals surface area contributed by atoms with E-state index in [-0.39, 0.29) is 29.6 Å². The number of aliphatic hydroxyl groups excluding tert-OH is 1. The third-order valence-corrected chi connectivity index (χ3v) is 6.33. The zero-order chi connectivity index (χ0) is 21.1. The number of nitrogens with one attached hydrogen (secondary N) is 1. The van der Waals surface area contributed by atoms with Crippen LogP contribution in [0.2, 0.25) is 0 Å². The molecule has 2 fully saturated rings. The zero-order valence-electron chi connectivity index (χ0n) is 18.1. The molecule has 2 N–H and O–H groups in total. The van der Waals surface area contributed by atoms with Crippen molar-refractivity contribution in [2.24, 2.45) is 0 Å². The molecule has 3 aliphatic rings. The van der Waals surface area contributed by atoms with Crippen LogP contribution in [0, 0.1) is 0 Å². The van der Waals surface area contributed by atoms with E-state index in [0.29, 0.717) is 25.6 Å². The molecule has 0 saturated carbocycles. The summed E-state index contributed by atoms with van der Waals surface area (Å²) >= 11 is 0. The van der Waals surface area contributed by atoms with E-state index in [0.717, 1.165) is 34.9 Å². The van der Waals surface area contributed by atoms with Gasteiger partial charge in [-0.3, -0.25) is 0 Å². The number of nitrogens with zero attached hydrogens (tertiary/aromatic N) is 3. The summed E-state index contributed by atoms with van der Waals surface area (Å²) in [4.78, 5) is 12.3. The monoisotopic (exact) mass is 410 g/mol. The van der Waals surface area contributed by atoms with E-state index in [2.05, 4.69) is 50.0 Å². The lowest BCUT2D eigenvalue weighted by Gasteiger charge is -2.45. The summed E-state index contributed by atoms with van der Waals surface area (Å²) in [7, 11) is 0. The fraction of sp³-hybridized carbons (Fsp3) is 0.565. The molecule has 4 heterocycles. The van der Waals surface area contributed by atoms with E-state index in [1.165, 1.54) is 0 Å². The Balaban J connectivity index is 1.60. The first-order chi connectivity index (χ1) is 14.3. The molecule has 1 aromatic heterocycles. The van der Waals surface area contributed by atoms with Crippen molar-refractivity contribution < 1.29 is 14.6 Å². The summed E-state index contributed by atoms with van der Waals surface area (Å²) in [5.41, 5.74) is 2.52. The molecule has 0 aliphatic carbocycles. The molecule has 0 spiro atoms. The normalized spacial score (nSPS) is 27.8. The number of hydrogen-bond donors (Lipinski definition) is 2. The zero-order valence-corrected chi connectivity index (χ0v) is 18.1. The van der Waals surface area contributed by atoms with Gasteiger partial charge in [-0.05, 0) is 12.5 Å². The van der Waals surface area contributed by atoms with Crippen LogP contribution in [0.5, 0.6) is 5.75 Å². The van der Waals surface area contributed by atoms with Crippen LogP contribution in [-0.2, 0) is 15.7 Å². The van der Waals surface area contributed by atoms with Gasteiger partial charge in [-0.1, -0.05) is 45.0 Å². The Morgan fingerprint density at radius 3 is 2.53 bits per heavy atom. The maximum absolute atomic E-state index is 9.67. The van der Waals surface area contributed by atoms with Gasteiger partial charge in [0.25, 0.3) is 0 Å². The molecule has 30 heavy (non-hydrogen) atoms. The number of ether oxygens (including phenoxy) is 2. The minimum Gasteiger partial charge on any atom is -0.486 e. The number of hydrogen-bond acceptors (Lipinski definition) is 7. The molecule has 160 valence electrons. The Labute approximate surface area is 177 Å². The van der Waals surface area contributed by atoms with Gasteiger partial charge in [0, 0.05) is 17.5 Å². The molecule has 0 radical (unpaired) electrons. The van der Waals surface area contributed by atoms with Crippen molar-refractivity contribution in [1.82, 2.24) is 15.3 Å². The number of fused-ring (bicyclic) bond motifs is 3. The van der Waals surface area contributed by atoms with Crippen LogP contribution < -0.4 is 15.0 Å². The van der Waals surface area contributed by atoms with Crippen LogP contribution in [0.3, 0.4) is 0 Å². The average Bonchev–Trinajstić information content (AvgIpc) is 3.53. The second-order valence-electron chi connectivity index (χ2n) is 9.73. The first-order valence-corrected chi connectivity index (χ1v) is 10.7. The second kappa shape index (κ2) is 6.90. The molecule has 5 rings (SSSR count). The molecule has 1 aromatic carbocycles. The van der Waals surface area contributed by atoms with Crippen LogP contribution in [0.15, 0.2) is 24.3 Å². The Hall–Kier alpha value is -2.22. The van der Waals surface area contributed by atoms with Crippen molar-refractivity contribution in [3.8, 4) is 17.1 Å². The summed E-state index contributed by atoms with van der Waals surface area (Å²) < 4.78 is 11.9. The Morgan fingerprint density at radius 2 is 1.90 bits per heavy atom. The van der Waals surface area contributed by atoms with Crippen LogP contribution in [-0.4, -0.2) is 60.1 Å². The first kappa shape index (κ1) is 19.7. The van der Waals surface area contributed by atoms with Crippen molar-refractivity contribution in [3.63, 3.8) is 0 Å². The van der Waals surface area contributed by atoms with Crippen molar-refractivity contribution in [3.05, 3.63) is 35.5 Å². The molecule has 2 saturated heterocycles. The lowest BCUT2D eigenvalue weighted by atomic mass is 9.90. The largest absolute Gasteiger partial charge is 0.486 e. The SMILES string of the molecule is C[C@@H]1COC[C@H]2COc3c(nc(-c4ccc(C5(CO)CN5)cc4)nc3C(C)(C)C)N21. The van der Waals surface area contributed by atoms with E-state index in [1.54, 1.807) is 0 Å². The van der Waals surface area contributed by atoms with Gasteiger partial charge in [0.2, 0.25) is 0 Å². The van der Waals surface area contributed by atoms with E-state index < -0.39 is 0 Å². The van der Waals surface area contributed by atoms with Crippen molar-refractivity contribution >= 4 is 5.82 Å². The van der Waals surface area contributed by atoms with Gasteiger partial charge in [0.05, 0.1) is 43.1 Å². The molecule has 7 nitrogen and oxygen atoms in total. The Morgan fingerprint density at radius 1 is 1.17 bits per heavy atom. The van der Waals surface area contributed by atoms with Gasteiger partial charge in [-0.25, -0.2) is 9.97 Å². The van der Waals surface area contributed by atoms with Gasteiger partial charge >= 0.3 is 0 Å². The van der Waals surface area contributed by atoms with Crippen molar-refractivity contribution in [2.75, 3.05) is 37.9 Å². The van der Waals surface area contributed by atoms with Crippen molar-refractivity contribution in [1.29, 1.82) is 0 Å².